The zero-order chi connectivity index (χ0) is 18.8. The number of pyridine rings is 2. The highest BCUT2D eigenvalue weighted by atomic mass is 16.5. The molecule has 1 aliphatic heterocycles. The van der Waals surface area contributed by atoms with Crippen LogP contribution in [0.1, 0.15) is 5.56 Å². The molecule has 0 spiro atoms. The van der Waals surface area contributed by atoms with Crippen LogP contribution in [0.25, 0.3) is 21.7 Å². The highest BCUT2D eigenvalue weighted by Crippen LogP contribution is 2.33. The van der Waals surface area contributed by atoms with Gasteiger partial charge in [-0.05, 0) is 35.2 Å². The second-order valence-corrected chi connectivity index (χ2v) is 6.95. The van der Waals surface area contributed by atoms with Gasteiger partial charge in [0.1, 0.15) is 5.52 Å². The number of morpholine rings is 1. The molecule has 0 atom stereocenters. The van der Waals surface area contributed by atoms with Crippen molar-refractivity contribution in [2.24, 2.45) is 0 Å². The van der Waals surface area contributed by atoms with Crippen molar-refractivity contribution in [3.63, 3.8) is 0 Å². The molecule has 0 amide bonds. The molecule has 2 aromatic carbocycles. The van der Waals surface area contributed by atoms with Gasteiger partial charge >= 0.3 is 0 Å². The van der Waals surface area contributed by atoms with Crippen molar-refractivity contribution in [3.05, 3.63) is 72.6 Å². The summed E-state index contributed by atoms with van der Waals surface area (Å²) in [5.74, 6) is 1.33. The summed E-state index contributed by atoms with van der Waals surface area (Å²) in [5, 5.41) is 3.21. The summed E-state index contributed by atoms with van der Waals surface area (Å²) in [7, 11) is 0. The van der Waals surface area contributed by atoms with Gasteiger partial charge < -0.3 is 9.47 Å². The molecule has 3 heterocycles. The van der Waals surface area contributed by atoms with Crippen LogP contribution < -0.4 is 4.74 Å². The Morgan fingerprint density at radius 3 is 2.64 bits per heavy atom. The fourth-order valence-corrected chi connectivity index (χ4v) is 3.70. The fourth-order valence-electron chi connectivity index (χ4n) is 3.70. The summed E-state index contributed by atoms with van der Waals surface area (Å²) in [6.45, 7) is 4.40. The van der Waals surface area contributed by atoms with Crippen LogP contribution >= 0.6 is 0 Å². The molecule has 5 nitrogen and oxygen atoms in total. The standard InChI is InChI=1S/C23H21N3O2/c1-2-5-20-17(4-1)9-11-25-23(20)28-21-8-7-18(16-26-12-14-27-15-13-26)19-6-3-10-24-22(19)21/h1-11H,12-16H2. The van der Waals surface area contributed by atoms with E-state index in [9.17, 15) is 0 Å². The van der Waals surface area contributed by atoms with Crippen LogP contribution in [0, 0.1) is 0 Å². The smallest absolute Gasteiger partial charge is 0.227 e. The minimum absolute atomic E-state index is 0.603. The van der Waals surface area contributed by atoms with Gasteiger partial charge in [-0.25, -0.2) is 4.98 Å². The number of hydrogen-bond acceptors (Lipinski definition) is 5. The van der Waals surface area contributed by atoms with Crippen LogP contribution in [-0.4, -0.2) is 41.2 Å². The highest BCUT2D eigenvalue weighted by Gasteiger charge is 2.15. The molecule has 0 radical (unpaired) electrons. The second kappa shape index (κ2) is 7.54. The van der Waals surface area contributed by atoms with E-state index in [0.717, 1.165) is 60.3 Å². The Hall–Kier alpha value is -3.02. The van der Waals surface area contributed by atoms with Gasteiger partial charge in [0.15, 0.2) is 5.75 Å². The van der Waals surface area contributed by atoms with E-state index < -0.39 is 0 Å². The number of nitrogens with zero attached hydrogens (tertiary/aromatic N) is 3. The Balaban J connectivity index is 1.52. The van der Waals surface area contributed by atoms with Gasteiger partial charge in [-0.1, -0.05) is 30.3 Å². The molecule has 0 unspecified atom stereocenters. The van der Waals surface area contributed by atoms with E-state index in [1.54, 1.807) is 6.20 Å². The highest BCUT2D eigenvalue weighted by molar-refractivity contribution is 5.90. The molecule has 1 fully saturated rings. The van der Waals surface area contributed by atoms with E-state index in [2.05, 4.69) is 33.1 Å². The lowest BCUT2D eigenvalue weighted by Gasteiger charge is -2.27. The summed E-state index contributed by atoms with van der Waals surface area (Å²) < 4.78 is 11.7. The van der Waals surface area contributed by atoms with Crippen molar-refractivity contribution in [1.29, 1.82) is 0 Å². The molecule has 1 saturated heterocycles. The summed E-state index contributed by atoms with van der Waals surface area (Å²) in [6.07, 6.45) is 3.59. The largest absolute Gasteiger partial charge is 0.436 e. The number of aromatic nitrogens is 2. The molecule has 28 heavy (non-hydrogen) atoms. The lowest BCUT2D eigenvalue weighted by molar-refractivity contribution is 0.0343. The molecule has 5 heteroatoms. The van der Waals surface area contributed by atoms with Crippen molar-refractivity contribution in [1.82, 2.24) is 14.9 Å². The van der Waals surface area contributed by atoms with E-state index in [0.29, 0.717) is 5.88 Å². The quantitative estimate of drug-likeness (QED) is 0.532. The molecule has 5 rings (SSSR count). The van der Waals surface area contributed by atoms with E-state index in [1.807, 2.05) is 42.6 Å². The Labute approximate surface area is 163 Å². The molecule has 0 bridgehead atoms. The number of fused-ring (bicyclic) bond motifs is 2. The summed E-state index contributed by atoms with van der Waals surface area (Å²) in [5.41, 5.74) is 2.12. The molecule has 140 valence electrons. The van der Waals surface area contributed by atoms with Gasteiger partial charge in [0.25, 0.3) is 0 Å². The zero-order valence-electron chi connectivity index (χ0n) is 15.5. The van der Waals surface area contributed by atoms with Crippen LogP contribution in [0.2, 0.25) is 0 Å². The maximum Gasteiger partial charge on any atom is 0.227 e. The van der Waals surface area contributed by atoms with Gasteiger partial charge in [0.2, 0.25) is 5.88 Å². The third kappa shape index (κ3) is 3.30. The Morgan fingerprint density at radius 2 is 1.71 bits per heavy atom. The van der Waals surface area contributed by atoms with Crippen molar-refractivity contribution < 1.29 is 9.47 Å². The summed E-state index contributed by atoms with van der Waals surface area (Å²) in [4.78, 5) is 11.5. The molecule has 1 aliphatic rings. The van der Waals surface area contributed by atoms with Crippen molar-refractivity contribution in [2.45, 2.75) is 6.54 Å². The third-order valence-electron chi connectivity index (χ3n) is 5.16. The Bertz CT molecular complexity index is 1120. The van der Waals surface area contributed by atoms with Crippen LogP contribution in [0.3, 0.4) is 0 Å². The van der Waals surface area contributed by atoms with E-state index in [4.69, 9.17) is 9.47 Å². The number of ether oxygens (including phenoxy) is 2. The molecule has 0 saturated carbocycles. The maximum atomic E-state index is 6.24. The van der Waals surface area contributed by atoms with Gasteiger partial charge in [-0.15, -0.1) is 0 Å². The van der Waals surface area contributed by atoms with Crippen molar-refractivity contribution >= 4 is 21.7 Å². The molecule has 0 N–H and O–H groups in total. The molecule has 4 aromatic rings. The van der Waals surface area contributed by atoms with Crippen LogP contribution in [-0.2, 0) is 11.3 Å². The molecule has 2 aromatic heterocycles. The lowest BCUT2D eigenvalue weighted by Crippen LogP contribution is -2.35. The minimum Gasteiger partial charge on any atom is -0.436 e. The predicted octanol–water partition coefficient (Wildman–Crippen LogP) is 4.41. The number of rotatable bonds is 4. The zero-order valence-corrected chi connectivity index (χ0v) is 15.5. The second-order valence-electron chi connectivity index (χ2n) is 6.95. The SMILES string of the molecule is c1ccc2c(Oc3ccc(CN4CCOCC4)c4cccnc34)nccc2c1. The lowest BCUT2D eigenvalue weighted by atomic mass is 10.1. The van der Waals surface area contributed by atoms with E-state index in [-0.39, 0.29) is 0 Å². The predicted molar refractivity (Wildman–Crippen MR) is 110 cm³/mol. The van der Waals surface area contributed by atoms with Crippen LogP contribution in [0.15, 0.2) is 67.0 Å². The van der Waals surface area contributed by atoms with Crippen LogP contribution in [0.5, 0.6) is 11.6 Å². The minimum atomic E-state index is 0.603. The average Bonchev–Trinajstić information content (AvgIpc) is 2.76. The van der Waals surface area contributed by atoms with Crippen molar-refractivity contribution in [2.75, 3.05) is 26.3 Å². The van der Waals surface area contributed by atoms with Crippen LogP contribution in [0.4, 0.5) is 0 Å². The fraction of sp³-hybridized carbons (Fsp3) is 0.217. The van der Waals surface area contributed by atoms with E-state index >= 15 is 0 Å². The Kier molecular flexibility index (Phi) is 4.61. The monoisotopic (exact) mass is 371 g/mol. The van der Waals surface area contributed by atoms with Gasteiger partial charge in [0.05, 0.1) is 13.2 Å². The van der Waals surface area contributed by atoms with E-state index in [1.165, 1.54) is 5.56 Å². The molecular formula is C23H21N3O2. The first-order valence-corrected chi connectivity index (χ1v) is 9.57. The number of benzene rings is 2. The molecular weight excluding hydrogens is 350 g/mol. The summed E-state index contributed by atoms with van der Waals surface area (Å²) >= 11 is 0. The first-order valence-electron chi connectivity index (χ1n) is 9.57. The number of hydrogen-bond donors (Lipinski definition) is 0. The van der Waals surface area contributed by atoms with Crippen molar-refractivity contribution in [3.8, 4) is 11.6 Å². The topological polar surface area (TPSA) is 47.5 Å². The third-order valence-corrected chi connectivity index (χ3v) is 5.16. The average molecular weight is 371 g/mol. The van der Waals surface area contributed by atoms with Gasteiger partial charge in [0, 0.05) is 42.8 Å². The summed E-state index contributed by atoms with van der Waals surface area (Å²) in [6, 6.07) is 18.3. The first-order chi connectivity index (χ1) is 13.9. The maximum absolute atomic E-state index is 6.24. The van der Waals surface area contributed by atoms with Gasteiger partial charge in [-0.3, -0.25) is 9.88 Å². The first kappa shape index (κ1) is 17.1. The normalized spacial score (nSPS) is 15.1. The molecule has 0 aliphatic carbocycles. The Morgan fingerprint density at radius 1 is 0.857 bits per heavy atom. The van der Waals surface area contributed by atoms with Gasteiger partial charge in [-0.2, -0.15) is 0 Å².